The van der Waals surface area contributed by atoms with E-state index in [1.165, 1.54) is 4.72 Å². The molecule has 1 aromatic heterocycles. The molecule has 3 aromatic rings. The predicted molar refractivity (Wildman–Crippen MR) is 125 cm³/mol. The topological polar surface area (TPSA) is 223 Å². The number of rotatable bonds is 11. The van der Waals surface area contributed by atoms with Gasteiger partial charge in [0.25, 0.3) is 26.1 Å². The molecule has 1 heterocycles. The highest BCUT2D eigenvalue weighted by Crippen LogP contribution is 2.33. The van der Waals surface area contributed by atoms with E-state index in [0.717, 1.165) is 40.6 Å². The van der Waals surface area contributed by atoms with E-state index in [1.54, 1.807) is 31.2 Å². The lowest BCUT2D eigenvalue weighted by Gasteiger charge is -2.19. The van der Waals surface area contributed by atoms with Crippen molar-refractivity contribution in [2.24, 2.45) is 0 Å². The number of amides is 1. The number of carboxylic acids is 1. The molecule has 0 spiro atoms. The van der Waals surface area contributed by atoms with E-state index >= 15 is 0 Å². The van der Waals surface area contributed by atoms with Gasteiger partial charge in [-0.2, -0.15) is 18.3 Å². The number of aromatic nitrogens is 2. The molecular weight excluding hydrogens is 587 g/mol. The largest absolute Gasteiger partial charge is 0.480 e. The van der Waals surface area contributed by atoms with Gasteiger partial charge >= 0.3 is 12.1 Å². The van der Waals surface area contributed by atoms with Crippen LogP contribution in [0.1, 0.15) is 11.3 Å². The van der Waals surface area contributed by atoms with Gasteiger partial charge in [0.05, 0.1) is 16.3 Å². The zero-order valence-corrected chi connectivity index (χ0v) is 21.0. The molecule has 2 aromatic carbocycles. The number of carbonyl (C=O) groups is 2. The summed E-state index contributed by atoms with van der Waals surface area (Å²) in [5.74, 6) is -4.28. The van der Waals surface area contributed by atoms with Crippen LogP contribution in [0.25, 0.3) is 16.9 Å². The summed E-state index contributed by atoms with van der Waals surface area (Å²) < 4.78 is 67.8. The highest BCUT2D eigenvalue weighted by atomic mass is 32.2. The summed E-state index contributed by atoms with van der Waals surface area (Å²) in [5, 5.41) is 30.5. The van der Waals surface area contributed by atoms with Crippen LogP contribution in [0.15, 0.2) is 59.5 Å². The molecule has 0 aliphatic carbocycles. The number of aliphatic carboxylic acids is 1. The third kappa shape index (κ3) is 7.23. The van der Waals surface area contributed by atoms with Crippen molar-refractivity contribution in [2.45, 2.75) is 30.2 Å². The molecule has 0 bridgehead atoms. The standard InChI is InChI=1S/C21H16F3N5O11S/c1-11-2-4-12(5-3-11)15-10-16(21(22,23)24)25-27(15)13-6-8-14(9-7-13)41(37,38)26-19(30)17(39-28(33)34)18(20(31)32)40-29(35)36/h2-10,17-18H,1H3,(H,26,30)(H,31,32). The molecule has 16 nitrogen and oxygen atoms in total. The molecule has 0 radical (unpaired) electrons. The molecule has 3 rings (SSSR count). The first-order chi connectivity index (χ1) is 19.0. The highest BCUT2D eigenvalue weighted by Gasteiger charge is 2.42. The molecule has 0 saturated carbocycles. The van der Waals surface area contributed by atoms with Gasteiger partial charge in [0.2, 0.25) is 12.2 Å². The monoisotopic (exact) mass is 603 g/mol. The van der Waals surface area contributed by atoms with Crippen molar-refractivity contribution in [1.82, 2.24) is 14.5 Å². The van der Waals surface area contributed by atoms with Gasteiger partial charge in [-0.05, 0) is 37.3 Å². The zero-order chi connectivity index (χ0) is 30.7. The van der Waals surface area contributed by atoms with Gasteiger partial charge in [-0.1, -0.05) is 29.8 Å². The lowest BCUT2D eigenvalue weighted by Crippen LogP contribution is -2.51. The van der Waals surface area contributed by atoms with Crippen LogP contribution in [-0.4, -0.2) is 57.6 Å². The first kappa shape index (κ1) is 30.3. The van der Waals surface area contributed by atoms with Crippen LogP contribution in [-0.2, 0) is 35.5 Å². The van der Waals surface area contributed by atoms with Crippen LogP contribution in [0.5, 0.6) is 0 Å². The number of nitrogens with one attached hydrogen (secondary N) is 1. The number of benzene rings is 2. The summed E-state index contributed by atoms with van der Waals surface area (Å²) >= 11 is 0. The number of hydrogen-bond donors (Lipinski definition) is 2. The van der Waals surface area contributed by atoms with Gasteiger partial charge < -0.3 is 5.11 Å². The Bertz CT molecular complexity index is 1590. The number of sulfonamides is 1. The maximum absolute atomic E-state index is 13.4. The Balaban J connectivity index is 1.95. The minimum atomic E-state index is -4.94. The van der Waals surface area contributed by atoms with Gasteiger partial charge in [0.15, 0.2) is 5.69 Å². The summed E-state index contributed by atoms with van der Waals surface area (Å²) in [7, 11) is -4.94. The smallest absolute Gasteiger partial charge is 0.435 e. The molecule has 0 aliphatic heterocycles. The molecule has 2 N–H and O–H groups in total. The molecule has 1 amide bonds. The summed E-state index contributed by atoms with van der Waals surface area (Å²) in [5.41, 5.74) is -0.0891. The van der Waals surface area contributed by atoms with E-state index in [4.69, 9.17) is 5.11 Å². The quantitative estimate of drug-likeness (QED) is 0.237. The Morgan fingerprint density at radius 1 is 1.00 bits per heavy atom. The fourth-order valence-corrected chi connectivity index (χ4v) is 4.31. The van der Waals surface area contributed by atoms with Crippen LogP contribution >= 0.6 is 0 Å². The first-order valence-electron chi connectivity index (χ1n) is 10.8. The summed E-state index contributed by atoms with van der Waals surface area (Å²) in [6, 6.07) is 10.9. The Morgan fingerprint density at radius 3 is 2.02 bits per heavy atom. The molecule has 0 fully saturated rings. The molecule has 0 saturated heterocycles. The Labute approximate surface area is 226 Å². The van der Waals surface area contributed by atoms with E-state index < -0.39 is 61.0 Å². The molecule has 0 aliphatic rings. The van der Waals surface area contributed by atoms with E-state index in [-0.39, 0.29) is 11.4 Å². The molecule has 2 unspecified atom stereocenters. The van der Waals surface area contributed by atoms with Crippen LogP contribution in [0, 0.1) is 27.2 Å². The number of hydrogen-bond acceptors (Lipinski definition) is 11. The second-order valence-corrected chi connectivity index (χ2v) is 9.67. The molecular formula is C21H16F3N5O11S. The lowest BCUT2D eigenvalue weighted by molar-refractivity contribution is -0.792. The molecule has 218 valence electrons. The minimum absolute atomic E-state index is 0.00603. The summed E-state index contributed by atoms with van der Waals surface area (Å²) in [6.45, 7) is 1.77. The second kappa shape index (κ2) is 11.5. The van der Waals surface area contributed by atoms with Crippen LogP contribution in [0.4, 0.5) is 13.2 Å². The Morgan fingerprint density at radius 2 is 1.54 bits per heavy atom. The van der Waals surface area contributed by atoms with E-state index in [9.17, 15) is 51.4 Å². The SMILES string of the molecule is Cc1ccc(-c2cc(C(F)(F)F)nn2-c2ccc(S(=O)(=O)NC(=O)C(O[N+](=O)[O-])C(O[N+](=O)[O-])C(=O)O)cc2)cc1. The lowest BCUT2D eigenvalue weighted by atomic mass is 10.1. The van der Waals surface area contributed by atoms with Crippen LogP contribution in [0.2, 0.25) is 0 Å². The Hall–Kier alpha value is -5.27. The van der Waals surface area contributed by atoms with E-state index in [1.807, 2.05) is 0 Å². The number of halogens is 3. The number of alkyl halides is 3. The minimum Gasteiger partial charge on any atom is -0.480 e. The average molecular weight is 603 g/mol. The van der Waals surface area contributed by atoms with Crippen LogP contribution in [0.3, 0.4) is 0 Å². The van der Waals surface area contributed by atoms with Crippen molar-refractivity contribution in [3.8, 4) is 16.9 Å². The second-order valence-electron chi connectivity index (χ2n) is 7.99. The maximum Gasteiger partial charge on any atom is 0.435 e. The van der Waals surface area contributed by atoms with Crippen LogP contribution < -0.4 is 4.72 Å². The van der Waals surface area contributed by atoms with Gasteiger partial charge in [-0.25, -0.2) is 22.6 Å². The van der Waals surface area contributed by atoms with Crippen molar-refractivity contribution >= 4 is 21.9 Å². The third-order valence-corrected chi connectivity index (χ3v) is 6.51. The van der Waals surface area contributed by atoms with Crippen molar-refractivity contribution in [3.63, 3.8) is 0 Å². The predicted octanol–water partition coefficient (Wildman–Crippen LogP) is 1.91. The summed E-state index contributed by atoms with van der Waals surface area (Å²) in [6.07, 6.45) is -10.7. The highest BCUT2D eigenvalue weighted by molar-refractivity contribution is 7.90. The number of aryl methyl sites for hydroxylation is 1. The number of nitrogens with zero attached hydrogens (tertiary/aromatic N) is 4. The Kier molecular flexibility index (Phi) is 8.46. The first-order valence-corrected chi connectivity index (χ1v) is 12.2. The maximum atomic E-state index is 13.4. The van der Waals surface area contributed by atoms with Crippen molar-refractivity contribution in [2.75, 3.05) is 0 Å². The average Bonchev–Trinajstić information content (AvgIpc) is 3.32. The van der Waals surface area contributed by atoms with Gasteiger partial charge in [-0.15, -0.1) is 20.2 Å². The van der Waals surface area contributed by atoms with Crippen molar-refractivity contribution in [3.05, 3.63) is 86.1 Å². The summed E-state index contributed by atoms with van der Waals surface area (Å²) in [4.78, 5) is 51.7. The normalized spacial score (nSPS) is 13.1. The van der Waals surface area contributed by atoms with E-state index in [0.29, 0.717) is 5.56 Å². The molecule has 20 heteroatoms. The van der Waals surface area contributed by atoms with Crippen molar-refractivity contribution < 1.29 is 56.1 Å². The third-order valence-electron chi connectivity index (χ3n) is 5.15. The molecule has 41 heavy (non-hydrogen) atoms. The number of carboxylic acid groups (broad SMARTS) is 1. The fraction of sp³-hybridized carbons (Fsp3) is 0.190. The zero-order valence-electron chi connectivity index (χ0n) is 20.2. The van der Waals surface area contributed by atoms with Gasteiger partial charge in [0, 0.05) is 5.56 Å². The van der Waals surface area contributed by atoms with Crippen molar-refractivity contribution in [1.29, 1.82) is 0 Å². The molecule has 2 atom stereocenters. The fourth-order valence-electron chi connectivity index (χ4n) is 3.32. The van der Waals surface area contributed by atoms with Gasteiger partial charge in [0.1, 0.15) is 0 Å². The number of carbonyl (C=O) groups excluding carboxylic acids is 1. The van der Waals surface area contributed by atoms with E-state index in [2.05, 4.69) is 14.8 Å². The van der Waals surface area contributed by atoms with Gasteiger partial charge in [-0.3, -0.25) is 14.5 Å².